The highest BCUT2D eigenvalue weighted by Crippen LogP contribution is 2.46. The summed E-state index contributed by atoms with van der Waals surface area (Å²) in [5.41, 5.74) is 1.46. The molecule has 1 aliphatic carbocycles. The maximum absolute atomic E-state index is 12.8. The van der Waals surface area contributed by atoms with Gasteiger partial charge in [0.2, 0.25) is 0 Å². The van der Waals surface area contributed by atoms with Gasteiger partial charge in [0.25, 0.3) is 0 Å². The Bertz CT molecular complexity index is 987. The summed E-state index contributed by atoms with van der Waals surface area (Å²) in [6, 6.07) is 17.6. The van der Waals surface area contributed by atoms with Crippen molar-refractivity contribution in [2.24, 2.45) is 10.8 Å². The number of carbonyl (C=O) groups excluding carboxylic acids is 1. The zero-order valence-electron chi connectivity index (χ0n) is 20.3. The van der Waals surface area contributed by atoms with Gasteiger partial charge in [-0.2, -0.15) is 0 Å². The second kappa shape index (κ2) is 9.46. The van der Waals surface area contributed by atoms with Gasteiger partial charge >= 0.3 is 12.2 Å². The van der Waals surface area contributed by atoms with Crippen molar-refractivity contribution < 1.29 is 19.4 Å². The molecule has 1 fully saturated rings. The third-order valence-corrected chi connectivity index (χ3v) is 6.69. The van der Waals surface area contributed by atoms with Gasteiger partial charge in [0.15, 0.2) is 0 Å². The van der Waals surface area contributed by atoms with Gasteiger partial charge in [-0.25, -0.2) is 9.59 Å². The van der Waals surface area contributed by atoms with E-state index in [0.29, 0.717) is 18.7 Å². The molecular weight excluding hydrogens is 416 g/mol. The van der Waals surface area contributed by atoms with Crippen molar-refractivity contribution in [3.63, 3.8) is 0 Å². The van der Waals surface area contributed by atoms with Gasteiger partial charge in [0.05, 0.1) is 0 Å². The van der Waals surface area contributed by atoms with Crippen LogP contribution in [-0.4, -0.2) is 29.9 Å². The summed E-state index contributed by atoms with van der Waals surface area (Å²) >= 11 is 0. The lowest BCUT2D eigenvalue weighted by Crippen LogP contribution is -2.50. The largest absolute Gasteiger partial charge is 0.465 e. The number of ether oxygens (including phenoxy) is 1. The summed E-state index contributed by atoms with van der Waals surface area (Å²) in [5, 5.41) is 14.7. The number of carbonyl (C=O) groups is 2. The molecule has 2 aromatic carbocycles. The summed E-state index contributed by atoms with van der Waals surface area (Å²) in [5.74, 6) is 0.531. The molecule has 1 aliphatic rings. The molecule has 0 saturated heterocycles. The Balaban J connectivity index is 1.70. The molecule has 6 nitrogen and oxygen atoms in total. The van der Waals surface area contributed by atoms with Crippen LogP contribution in [0.5, 0.6) is 5.75 Å². The number of carboxylic acid groups (broad SMARTS) is 1. The number of amides is 2. The maximum atomic E-state index is 12.8. The van der Waals surface area contributed by atoms with Gasteiger partial charge in [-0.15, -0.1) is 0 Å². The second-order valence-electron chi connectivity index (χ2n) is 10.9. The molecule has 33 heavy (non-hydrogen) atoms. The molecule has 0 aromatic heterocycles. The van der Waals surface area contributed by atoms with Gasteiger partial charge in [0.1, 0.15) is 5.75 Å². The highest BCUT2D eigenvalue weighted by Gasteiger charge is 2.42. The molecule has 0 heterocycles. The first-order chi connectivity index (χ1) is 15.4. The van der Waals surface area contributed by atoms with Gasteiger partial charge in [-0.3, -0.25) is 0 Å². The lowest BCUT2D eigenvalue weighted by atomic mass is 9.62. The highest BCUT2D eigenvalue weighted by atomic mass is 16.6. The van der Waals surface area contributed by atoms with Crippen molar-refractivity contribution in [3.8, 4) is 5.75 Å². The first-order valence-electron chi connectivity index (χ1n) is 11.5. The van der Waals surface area contributed by atoms with Gasteiger partial charge in [0, 0.05) is 23.6 Å². The third kappa shape index (κ3) is 6.28. The van der Waals surface area contributed by atoms with Crippen molar-refractivity contribution in [1.82, 2.24) is 10.6 Å². The molecule has 2 atom stereocenters. The van der Waals surface area contributed by atoms with E-state index < -0.39 is 12.2 Å². The summed E-state index contributed by atoms with van der Waals surface area (Å²) < 4.78 is 5.77. The normalized spacial score (nSPS) is 22.3. The zero-order valence-corrected chi connectivity index (χ0v) is 20.3. The molecule has 2 unspecified atom stereocenters. The van der Waals surface area contributed by atoms with E-state index in [4.69, 9.17) is 9.84 Å². The lowest BCUT2D eigenvalue weighted by Gasteiger charge is -2.46. The first-order valence-corrected chi connectivity index (χ1v) is 11.5. The number of para-hydroxylation sites is 1. The van der Waals surface area contributed by atoms with E-state index in [1.807, 2.05) is 42.5 Å². The van der Waals surface area contributed by atoms with E-state index in [-0.39, 0.29) is 22.3 Å². The molecule has 2 aromatic rings. The molecular formula is C27H36N2O4. The molecule has 0 radical (unpaired) electrons. The molecule has 178 valence electrons. The number of hydrogen-bond donors (Lipinski definition) is 3. The molecule has 1 saturated carbocycles. The monoisotopic (exact) mass is 452 g/mol. The van der Waals surface area contributed by atoms with Crippen LogP contribution in [0.15, 0.2) is 54.6 Å². The van der Waals surface area contributed by atoms with Crippen LogP contribution in [0.3, 0.4) is 0 Å². The van der Waals surface area contributed by atoms with Gasteiger partial charge in [-0.1, -0.05) is 83.1 Å². The first kappa shape index (κ1) is 24.6. The lowest BCUT2D eigenvalue weighted by molar-refractivity contribution is 0.0695. The predicted molar refractivity (Wildman–Crippen MR) is 130 cm³/mol. The minimum Gasteiger partial charge on any atom is -0.465 e. The van der Waals surface area contributed by atoms with Crippen molar-refractivity contribution in [2.45, 2.75) is 65.3 Å². The number of hydrogen-bond acceptors (Lipinski definition) is 3. The molecule has 0 aliphatic heterocycles. The Morgan fingerprint density at radius 2 is 1.67 bits per heavy atom. The van der Waals surface area contributed by atoms with E-state index in [0.717, 1.165) is 24.0 Å². The van der Waals surface area contributed by atoms with Crippen LogP contribution in [0.2, 0.25) is 0 Å². The Labute approximate surface area is 196 Å². The molecule has 2 amide bonds. The molecule has 6 heteroatoms. The minimum absolute atomic E-state index is 0.0298. The zero-order chi connectivity index (χ0) is 24.3. The predicted octanol–water partition coefficient (Wildman–Crippen LogP) is 5.95. The van der Waals surface area contributed by atoms with E-state index >= 15 is 0 Å². The Morgan fingerprint density at radius 3 is 2.33 bits per heavy atom. The molecule has 3 N–H and O–H groups in total. The van der Waals surface area contributed by atoms with Crippen LogP contribution in [0.4, 0.5) is 9.59 Å². The van der Waals surface area contributed by atoms with Gasteiger partial charge in [-0.05, 0) is 41.7 Å². The fourth-order valence-corrected chi connectivity index (χ4v) is 5.55. The van der Waals surface area contributed by atoms with Crippen LogP contribution < -0.4 is 15.4 Å². The SMILES string of the molecule is CC1(C)CC(NC(=O)O)CC(C)(CNC(=O)Oc2ccccc2C(C)(C)c2ccccc2)C1. The average molecular weight is 453 g/mol. The highest BCUT2D eigenvalue weighted by molar-refractivity contribution is 5.71. The summed E-state index contributed by atoms with van der Waals surface area (Å²) in [7, 11) is 0. The average Bonchev–Trinajstić information content (AvgIpc) is 2.71. The van der Waals surface area contributed by atoms with E-state index in [1.54, 1.807) is 0 Å². The Hall–Kier alpha value is -3.02. The smallest absolute Gasteiger partial charge is 0.412 e. The third-order valence-electron chi connectivity index (χ3n) is 6.69. The second-order valence-corrected chi connectivity index (χ2v) is 10.9. The van der Waals surface area contributed by atoms with Crippen molar-refractivity contribution >= 4 is 12.2 Å². The quantitative estimate of drug-likeness (QED) is 0.505. The standard InChI is InChI=1S/C27H36N2O4/c1-25(2)15-20(29-23(30)31)16-27(5,17-25)18-28-24(32)33-22-14-10-9-13-21(22)26(3,4)19-11-7-6-8-12-19/h6-14,20,29H,15-18H2,1-5H3,(H,28,32)(H,30,31). The molecule has 0 spiro atoms. The number of benzene rings is 2. The van der Waals surface area contributed by atoms with Crippen molar-refractivity contribution in [3.05, 3.63) is 65.7 Å². The van der Waals surface area contributed by atoms with Crippen LogP contribution in [0.1, 0.15) is 65.0 Å². The van der Waals surface area contributed by atoms with Crippen LogP contribution in [-0.2, 0) is 5.41 Å². The van der Waals surface area contributed by atoms with Crippen molar-refractivity contribution in [2.75, 3.05) is 6.54 Å². The topological polar surface area (TPSA) is 87.7 Å². The fraction of sp³-hybridized carbons (Fsp3) is 0.481. The van der Waals surface area contributed by atoms with Gasteiger partial charge < -0.3 is 20.5 Å². The minimum atomic E-state index is -1.01. The summed E-state index contributed by atoms with van der Waals surface area (Å²) in [6.45, 7) is 11.0. The van der Waals surface area contributed by atoms with Crippen LogP contribution >= 0.6 is 0 Å². The molecule has 0 bridgehead atoms. The number of nitrogens with one attached hydrogen (secondary N) is 2. The van der Waals surface area contributed by atoms with Crippen molar-refractivity contribution in [1.29, 1.82) is 0 Å². The van der Waals surface area contributed by atoms with E-state index in [9.17, 15) is 9.59 Å². The van der Waals surface area contributed by atoms with E-state index in [1.165, 1.54) is 0 Å². The summed E-state index contributed by atoms with van der Waals surface area (Å²) in [4.78, 5) is 24.0. The van der Waals surface area contributed by atoms with E-state index in [2.05, 4.69) is 57.4 Å². The fourth-order valence-electron chi connectivity index (χ4n) is 5.55. The van der Waals surface area contributed by atoms with Crippen LogP contribution in [0, 0.1) is 10.8 Å². The Morgan fingerprint density at radius 1 is 1.03 bits per heavy atom. The number of rotatable bonds is 6. The van der Waals surface area contributed by atoms with Crippen LogP contribution in [0.25, 0.3) is 0 Å². The maximum Gasteiger partial charge on any atom is 0.412 e. The Kier molecular flexibility index (Phi) is 7.06. The molecule has 3 rings (SSSR count). The summed E-state index contributed by atoms with van der Waals surface area (Å²) in [6.07, 6.45) is 0.821.